The Bertz CT molecular complexity index is 468. The van der Waals surface area contributed by atoms with Crippen molar-refractivity contribution in [1.29, 1.82) is 0 Å². The van der Waals surface area contributed by atoms with Gasteiger partial charge in [-0.25, -0.2) is 0 Å². The normalized spacial score (nSPS) is 14.4. The second-order valence-electron chi connectivity index (χ2n) is 4.71. The molecule has 0 aliphatic carbocycles. The van der Waals surface area contributed by atoms with E-state index in [4.69, 9.17) is 5.73 Å². The lowest BCUT2D eigenvalue weighted by Crippen LogP contribution is -2.28. The van der Waals surface area contributed by atoms with Gasteiger partial charge in [0.1, 0.15) is 0 Å². The van der Waals surface area contributed by atoms with E-state index in [2.05, 4.69) is 36.0 Å². The minimum Gasteiger partial charge on any atom is -0.321 e. The summed E-state index contributed by atoms with van der Waals surface area (Å²) >= 11 is 0. The minimum atomic E-state index is -0.144. The molecular formula is C10H15N5. The summed E-state index contributed by atoms with van der Waals surface area (Å²) in [5.41, 5.74) is 6.83. The van der Waals surface area contributed by atoms with Gasteiger partial charge in [-0.15, -0.1) is 10.2 Å². The molecule has 0 spiro atoms. The third kappa shape index (κ3) is 1.70. The van der Waals surface area contributed by atoms with Crippen molar-refractivity contribution in [2.75, 3.05) is 0 Å². The highest BCUT2D eigenvalue weighted by Crippen LogP contribution is 2.29. The molecule has 0 saturated carbocycles. The summed E-state index contributed by atoms with van der Waals surface area (Å²) in [6.07, 6.45) is 5.21. The maximum Gasteiger partial charge on any atom is 0.179 e. The molecule has 5 nitrogen and oxygen atoms in total. The Morgan fingerprint density at radius 3 is 2.73 bits per heavy atom. The Morgan fingerprint density at radius 1 is 1.33 bits per heavy atom. The minimum absolute atomic E-state index is 0.0355. The molecule has 0 fully saturated rings. The molecule has 0 radical (unpaired) electrons. The Balaban J connectivity index is 2.53. The van der Waals surface area contributed by atoms with Gasteiger partial charge in [0.2, 0.25) is 0 Å². The Hall–Kier alpha value is -1.49. The Kier molecular flexibility index (Phi) is 2.19. The highest BCUT2D eigenvalue weighted by molar-refractivity contribution is 5.34. The number of hydrogen-bond donors (Lipinski definition) is 1. The lowest BCUT2D eigenvalue weighted by Gasteiger charge is -2.25. The summed E-state index contributed by atoms with van der Waals surface area (Å²) in [6, 6.07) is -0.144. The van der Waals surface area contributed by atoms with Crippen LogP contribution in [0.4, 0.5) is 0 Å². The van der Waals surface area contributed by atoms with E-state index >= 15 is 0 Å². The quantitative estimate of drug-likeness (QED) is 0.758. The van der Waals surface area contributed by atoms with Crippen molar-refractivity contribution in [2.24, 2.45) is 11.1 Å². The van der Waals surface area contributed by atoms with E-state index in [-0.39, 0.29) is 11.5 Å². The standard InChI is InChI=1S/C10H15N5/c1-10(2,3)8(11)9-14-13-7-6-12-4-5-15(7)9/h4-6,8H,11H2,1-3H3. The van der Waals surface area contributed by atoms with Gasteiger partial charge in [-0.3, -0.25) is 9.38 Å². The van der Waals surface area contributed by atoms with Crippen molar-refractivity contribution < 1.29 is 0 Å². The molecule has 15 heavy (non-hydrogen) atoms. The highest BCUT2D eigenvalue weighted by Gasteiger charge is 2.26. The van der Waals surface area contributed by atoms with E-state index in [9.17, 15) is 0 Å². The zero-order valence-corrected chi connectivity index (χ0v) is 9.18. The first-order valence-corrected chi connectivity index (χ1v) is 4.90. The lowest BCUT2D eigenvalue weighted by atomic mass is 9.87. The molecule has 0 aliphatic rings. The van der Waals surface area contributed by atoms with Crippen molar-refractivity contribution in [3.63, 3.8) is 0 Å². The zero-order valence-electron chi connectivity index (χ0n) is 9.18. The molecule has 2 N–H and O–H groups in total. The van der Waals surface area contributed by atoms with Crippen LogP contribution in [0.25, 0.3) is 5.65 Å². The molecule has 0 amide bonds. The lowest BCUT2D eigenvalue weighted by molar-refractivity contribution is 0.313. The van der Waals surface area contributed by atoms with Crippen LogP contribution in [0, 0.1) is 5.41 Å². The van der Waals surface area contributed by atoms with Gasteiger partial charge in [0, 0.05) is 12.4 Å². The fraction of sp³-hybridized carbons (Fsp3) is 0.500. The van der Waals surface area contributed by atoms with E-state index in [1.54, 1.807) is 12.4 Å². The first-order chi connectivity index (χ1) is 7.00. The largest absolute Gasteiger partial charge is 0.321 e. The monoisotopic (exact) mass is 205 g/mol. The van der Waals surface area contributed by atoms with Crippen LogP contribution in [0.1, 0.15) is 32.6 Å². The second kappa shape index (κ2) is 3.27. The summed E-state index contributed by atoms with van der Waals surface area (Å²) in [5, 5.41) is 8.13. The van der Waals surface area contributed by atoms with Crippen molar-refractivity contribution in [3.8, 4) is 0 Å². The van der Waals surface area contributed by atoms with Crippen LogP contribution in [0.3, 0.4) is 0 Å². The predicted molar refractivity (Wildman–Crippen MR) is 57.2 cm³/mol. The number of aromatic nitrogens is 4. The van der Waals surface area contributed by atoms with E-state index in [0.29, 0.717) is 0 Å². The highest BCUT2D eigenvalue weighted by atomic mass is 15.3. The van der Waals surface area contributed by atoms with Crippen molar-refractivity contribution in [1.82, 2.24) is 19.6 Å². The van der Waals surface area contributed by atoms with Gasteiger partial charge >= 0.3 is 0 Å². The molecule has 2 heterocycles. The summed E-state index contributed by atoms with van der Waals surface area (Å²) in [7, 11) is 0. The van der Waals surface area contributed by atoms with Crippen LogP contribution in [-0.2, 0) is 0 Å². The van der Waals surface area contributed by atoms with Gasteiger partial charge in [0.25, 0.3) is 0 Å². The average Bonchev–Trinajstić information content (AvgIpc) is 2.58. The number of fused-ring (bicyclic) bond motifs is 1. The number of hydrogen-bond acceptors (Lipinski definition) is 4. The van der Waals surface area contributed by atoms with Crippen LogP contribution >= 0.6 is 0 Å². The summed E-state index contributed by atoms with van der Waals surface area (Å²) in [5.74, 6) is 0.778. The van der Waals surface area contributed by atoms with Crippen LogP contribution in [0.2, 0.25) is 0 Å². The maximum atomic E-state index is 6.14. The van der Waals surface area contributed by atoms with Gasteiger partial charge in [-0.1, -0.05) is 20.8 Å². The van der Waals surface area contributed by atoms with E-state index < -0.39 is 0 Å². The van der Waals surface area contributed by atoms with Gasteiger partial charge in [-0.05, 0) is 5.41 Å². The van der Waals surface area contributed by atoms with Crippen molar-refractivity contribution in [2.45, 2.75) is 26.8 Å². The SMILES string of the molecule is CC(C)(C)C(N)c1nnc2cnccn12. The van der Waals surface area contributed by atoms with Crippen molar-refractivity contribution >= 4 is 5.65 Å². The first-order valence-electron chi connectivity index (χ1n) is 4.90. The van der Waals surface area contributed by atoms with Gasteiger partial charge in [-0.2, -0.15) is 0 Å². The Morgan fingerprint density at radius 2 is 2.07 bits per heavy atom. The van der Waals surface area contributed by atoms with Crippen molar-refractivity contribution in [3.05, 3.63) is 24.4 Å². The smallest absolute Gasteiger partial charge is 0.179 e. The molecule has 2 aromatic heterocycles. The molecule has 0 saturated heterocycles. The summed E-state index contributed by atoms with van der Waals surface area (Å²) < 4.78 is 1.88. The molecular weight excluding hydrogens is 190 g/mol. The summed E-state index contributed by atoms with van der Waals surface area (Å²) in [6.45, 7) is 6.25. The number of rotatable bonds is 1. The van der Waals surface area contributed by atoms with E-state index in [1.807, 2.05) is 10.6 Å². The average molecular weight is 205 g/mol. The molecule has 2 rings (SSSR count). The molecule has 0 aliphatic heterocycles. The molecule has 5 heteroatoms. The van der Waals surface area contributed by atoms with Gasteiger partial charge in [0.05, 0.1) is 12.2 Å². The molecule has 1 atom stereocenters. The number of nitrogens with zero attached hydrogens (tertiary/aromatic N) is 4. The molecule has 0 bridgehead atoms. The molecule has 80 valence electrons. The fourth-order valence-corrected chi connectivity index (χ4v) is 1.37. The van der Waals surface area contributed by atoms with Crippen LogP contribution < -0.4 is 5.73 Å². The second-order valence-corrected chi connectivity index (χ2v) is 4.71. The van der Waals surface area contributed by atoms with E-state index in [0.717, 1.165) is 11.5 Å². The van der Waals surface area contributed by atoms with Crippen LogP contribution in [-0.4, -0.2) is 19.6 Å². The zero-order chi connectivity index (χ0) is 11.1. The number of nitrogens with two attached hydrogens (primary N) is 1. The van der Waals surface area contributed by atoms with E-state index in [1.165, 1.54) is 0 Å². The molecule has 0 aromatic carbocycles. The molecule has 2 aromatic rings. The summed E-state index contributed by atoms with van der Waals surface area (Å²) in [4.78, 5) is 3.98. The predicted octanol–water partition coefficient (Wildman–Crippen LogP) is 1.17. The molecule has 1 unspecified atom stereocenters. The van der Waals surface area contributed by atoms with Gasteiger partial charge in [0.15, 0.2) is 11.5 Å². The third-order valence-electron chi connectivity index (χ3n) is 2.45. The topological polar surface area (TPSA) is 69.1 Å². The third-order valence-corrected chi connectivity index (χ3v) is 2.45. The van der Waals surface area contributed by atoms with Gasteiger partial charge < -0.3 is 5.73 Å². The van der Waals surface area contributed by atoms with Crippen LogP contribution in [0.5, 0.6) is 0 Å². The Labute approximate surface area is 88.3 Å². The maximum absolute atomic E-state index is 6.14. The first kappa shape index (κ1) is 10.0. The van der Waals surface area contributed by atoms with Crippen LogP contribution in [0.15, 0.2) is 18.6 Å². The fourth-order valence-electron chi connectivity index (χ4n) is 1.37.